The van der Waals surface area contributed by atoms with Crippen LogP contribution < -0.4 is 5.32 Å². The third-order valence-corrected chi connectivity index (χ3v) is 2.67. The van der Waals surface area contributed by atoms with Crippen LogP contribution in [-0.4, -0.2) is 24.2 Å². The highest BCUT2D eigenvalue weighted by Gasteiger charge is 2.03. The number of carbonyl (C=O) groups excluding carboxylic acids is 1. The molecule has 0 spiro atoms. The van der Waals surface area contributed by atoms with Crippen molar-refractivity contribution in [3.8, 4) is 11.8 Å². The van der Waals surface area contributed by atoms with Gasteiger partial charge in [-0.3, -0.25) is 4.79 Å². The Hall–Kier alpha value is -2.57. The first-order chi connectivity index (χ1) is 9.79. The van der Waals surface area contributed by atoms with Crippen LogP contribution in [0.4, 0.5) is 0 Å². The van der Waals surface area contributed by atoms with E-state index in [4.69, 9.17) is 5.11 Å². The van der Waals surface area contributed by atoms with Gasteiger partial charge in [-0.15, -0.1) is 0 Å². The second kappa shape index (κ2) is 7.13. The number of aliphatic hydroxyl groups excluding tert-OH is 1. The molecule has 0 saturated heterocycles. The molecule has 0 bridgehead atoms. The zero-order valence-electron chi connectivity index (χ0n) is 11.0. The van der Waals surface area contributed by atoms with Crippen molar-refractivity contribution in [2.45, 2.75) is 0 Å². The standard InChI is InChI=1S/C17H15NO2/c19-13-12-18-17(20)16-10-8-15(9-11-16)7-6-14-4-2-1-3-5-14/h1-5,8-11,19H,12-13H2,(H,18,20). The van der Waals surface area contributed by atoms with Crippen LogP contribution in [-0.2, 0) is 0 Å². The van der Waals surface area contributed by atoms with E-state index in [9.17, 15) is 4.79 Å². The molecule has 0 aliphatic carbocycles. The SMILES string of the molecule is O=C(NCCO)c1ccc(C#Cc2ccccc2)cc1. The third-order valence-electron chi connectivity index (χ3n) is 2.67. The van der Waals surface area contributed by atoms with Crippen LogP contribution in [0.5, 0.6) is 0 Å². The molecule has 0 fully saturated rings. The number of nitrogens with one attached hydrogen (secondary N) is 1. The molecule has 0 aromatic heterocycles. The third kappa shape index (κ3) is 3.98. The van der Waals surface area contributed by atoms with Crippen molar-refractivity contribution in [2.24, 2.45) is 0 Å². The molecule has 20 heavy (non-hydrogen) atoms. The largest absolute Gasteiger partial charge is 0.395 e. The minimum atomic E-state index is -0.193. The molecule has 2 aromatic rings. The molecule has 100 valence electrons. The van der Waals surface area contributed by atoms with E-state index in [0.717, 1.165) is 11.1 Å². The summed E-state index contributed by atoms with van der Waals surface area (Å²) >= 11 is 0. The fraction of sp³-hybridized carbons (Fsp3) is 0.118. The van der Waals surface area contributed by atoms with Crippen molar-refractivity contribution in [1.82, 2.24) is 5.32 Å². The summed E-state index contributed by atoms with van der Waals surface area (Å²) in [5, 5.41) is 11.3. The maximum atomic E-state index is 11.6. The van der Waals surface area contributed by atoms with Crippen LogP contribution in [0.15, 0.2) is 54.6 Å². The lowest BCUT2D eigenvalue weighted by molar-refractivity contribution is 0.0945. The Morgan fingerprint density at radius 3 is 2.15 bits per heavy atom. The highest BCUT2D eigenvalue weighted by molar-refractivity contribution is 5.94. The molecule has 0 atom stereocenters. The monoisotopic (exact) mass is 265 g/mol. The van der Waals surface area contributed by atoms with Gasteiger partial charge in [0.1, 0.15) is 0 Å². The zero-order chi connectivity index (χ0) is 14.2. The Labute approximate surface area is 118 Å². The van der Waals surface area contributed by atoms with E-state index >= 15 is 0 Å². The molecule has 1 amide bonds. The average Bonchev–Trinajstić information content (AvgIpc) is 2.52. The molecular weight excluding hydrogens is 250 g/mol. The molecule has 0 radical (unpaired) electrons. The molecule has 0 aliphatic rings. The van der Waals surface area contributed by atoms with Gasteiger partial charge in [0.05, 0.1) is 6.61 Å². The minimum absolute atomic E-state index is 0.0631. The van der Waals surface area contributed by atoms with Crippen molar-refractivity contribution in [3.05, 3.63) is 71.3 Å². The van der Waals surface area contributed by atoms with Gasteiger partial charge >= 0.3 is 0 Å². The normalized spacial score (nSPS) is 9.45. The quantitative estimate of drug-likeness (QED) is 0.832. The van der Waals surface area contributed by atoms with Crippen molar-refractivity contribution in [1.29, 1.82) is 0 Å². The zero-order valence-corrected chi connectivity index (χ0v) is 11.0. The van der Waals surface area contributed by atoms with Gasteiger partial charge in [-0.25, -0.2) is 0 Å². The summed E-state index contributed by atoms with van der Waals surface area (Å²) in [7, 11) is 0. The summed E-state index contributed by atoms with van der Waals surface area (Å²) in [4.78, 5) is 11.6. The van der Waals surface area contributed by atoms with E-state index in [1.807, 2.05) is 42.5 Å². The first-order valence-electron chi connectivity index (χ1n) is 6.36. The average molecular weight is 265 g/mol. The maximum Gasteiger partial charge on any atom is 0.251 e. The summed E-state index contributed by atoms with van der Waals surface area (Å²) in [6, 6.07) is 16.8. The molecule has 2 N–H and O–H groups in total. The molecule has 0 saturated carbocycles. The minimum Gasteiger partial charge on any atom is -0.395 e. The summed E-state index contributed by atoms with van der Waals surface area (Å²) in [5.74, 6) is 5.92. The Balaban J connectivity index is 2.06. The Morgan fingerprint density at radius 2 is 1.55 bits per heavy atom. The fourth-order valence-electron chi connectivity index (χ4n) is 1.64. The maximum absolute atomic E-state index is 11.6. The topological polar surface area (TPSA) is 49.3 Å². The number of hydrogen-bond acceptors (Lipinski definition) is 2. The van der Waals surface area contributed by atoms with E-state index in [1.165, 1.54) is 0 Å². The number of rotatable bonds is 3. The van der Waals surface area contributed by atoms with E-state index in [1.54, 1.807) is 12.1 Å². The van der Waals surface area contributed by atoms with Gasteiger partial charge in [-0.05, 0) is 36.4 Å². The Kier molecular flexibility index (Phi) is 4.94. The molecular formula is C17H15NO2. The van der Waals surface area contributed by atoms with Gasteiger partial charge < -0.3 is 10.4 Å². The number of carbonyl (C=O) groups is 1. The van der Waals surface area contributed by atoms with Gasteiger partial charge in [0, 0.05) is 23.2 Å². The lowest BCUT2D eigenvalue weighted by Gasteiger charge is -2.02. The Morgan fingerprint density at radius 1 is 0.950 bits per heavy atom. The van der Waals surface area contributed by atoms with Crippen LogP contribution in [0.2, 0.25) is 0 Å². The first kappa shape index (κ1) is 13.9. The second-order valence-electron chi connectivity index (χ2n) is 4.17. The summed E-state index contributed by atoms with van der Waals surface area (Å²) in [6.45, 7) is 0.195. The molecule has 0 heterocycles. The number of benzene rings is 2. The number of amides is 1. The lowest BCUT2D eigenvalue weighted by atomic mass is 10.1. The van der Waals surface area contributed by atoms with Crippen molar-refractivity contribution in [2.75, 3.05) is 13.2 Å². The second-order valence-corrected chi connectivity index (χ2v) is 4.17. The van der Waals surface area contributed by atoms with E-state index in [-0.39, 0.29) is 19.1 Å². The lowest BCUT2D eigenvalue weighted by Crippen LogP contribution is -2.26. The number of hydrogen-bond donors (Lipinski definition) is 2. The van der Waals surface area contributed by atoms with Crippen molar-refractivity contribution in [3.63, 3.8) is 0 Å². The fourth-order valence-corrected chi connectivity index (χ4v) is 1.64. The summed E-state index contributed by atoms with van der Waals surface area (Å²) < 4.78 is 0. The first-order valence-corrected chi connectivity index (χ1v) is 6.36. The van der Waals surface area contributed by atoms with Crippen LogP contribution >= 0.6 is 0 Å². The van der Waals surface area contributed by atoms with E-state index < -0.39 is 0 Å². The van der Waals surface area contributed by atoms with Crippen LogP contribution in [0.25, 0.3) is 0 Å². The van der Waals surface area contributed by atoms with Crippen molar-refractivity contribution >= 4 is 5.91 Å². The van der Waals surface area contributed by atoms with E-state index in [0.29, 0.717) is 5.56 Å². The van der Waals surface area contributed by atoms with Gasteiger partial charge in [-0.2, -0.15) is 0 Å². The summed E-state index contributed by atoms with van der Waals surface area (Å²) in [5.41, 5.74) is 2.37. The number of aliphatic hydroxyl groups is 1. The predicted octanol–water partition coefficient (Wildman–Crippen LogP) is 1.81. The summed E-state index contributed by atoms with van der Waals surface area (Å²) in [6.07, 6.45) is 0. The highest BCUT2D eigenvalue weighted by atomic mass is 16.3. The predicted molar refractivity (Wildman–Crippen MR) is 78.3 cm³/mol. The van der Waals surface area contributed by atoms with E-state index in [2.05, 4.69) is 17.2 Å². The van der Waals surface area contributed by atoms with Gasteiger partial charge in [0.2, 0.25) is 0 Å². The molecule has 2 rings (SSSR count). The smallest absolute Gasteiger partial charge is 0.251 e. The van der Waals surface area contributed by atoms with Crippen LogP contribution in [0.1, 0.15) is 21.5 Å². The van der Waals surface area contributed by atoms with Gasteiger partial charge in [-0.1, -0.05) is 30.0 Å². The molecule has 0 aliphatic heterocycles. The van der Waals surface area contributed by atoms with Crippen LogP contribution in [0, 0.1) is 11.8 Å². The highest BCUT2D eigenvalue weighted by Crippen LogP contribution is 2.04. The molecule has 2 aromatic carbocycles. The molecule has 0 unspecified atom stereocenters. The van der Waals surface area contributed by atoms with Gasteiger partial charge in [0.25, 0.3) is 5.91 Å². The van der Waals surface area contributed by atoms with Crippen LogP contribution in [0.3, 0.4) is 0 Å². The Bertz CT molecular complexity index is 622. The van der Waals surface area contributed by atoms with Gasteiger partial charge in [0.15, 0.2) is 0 Å². The molecule has 3 heteroatoms. The van der Waals surface area contributed by atoms with Crippen molar-refractivity contribution < 1.29 is 9.90 Å². The molecule has 3 nitrogen and oxygen atoms in total.